The molecule has 6 nitrogen and oxygen atoms in total. The van der Waals surface area contributed by atoms with Crippen molar-refractivity contribution in [3.05, 3.63) is 35.9 Å². The zero-order valence-corrected chi connectivity index (χ0v) is 13.0. The summed E-state index contributed by atoms with van der Waals surface area (Å²) in [6, 6.07) is 3.69. The lowest BCUT2D eigenvalue weighted by Crippen LogP contribution is -2.39. The predicted octanol–water partition coefficient (Wildman–Crippen LogP) is 2.11. The highest BCUT2D eigenvalue weighted by molar-refractivity contribution is 5.92. The van der Waals surface area contributed by atoms with Crippen molar-refractivity contribution in [2.24, 2.45) is 5.92 Å². The number of nitrogens with zero attached hydrogens (tertiary/aromatic N) is 4. The van der Waals surface area contributed by atoms with Crippen molar-refractivity contribution in [3.8, 4) is 0 Å². The molecule has 0 atom stereocenters. The lowest BCUT2D eigenvalue weighted by molar-refractivity contribution is 0.0675. The van der Waals surface area contributed by atoms with Gasteiger partial charge in [0.1, 0.15) is 5.69 Å². The van der Waals surface area contributed by atoms with Crippen LogP contribution in [0.1, 0.15) is 42.4 Å². The summed E-state index contributed by atoms with van der Waals surface area (Å²) < 4.78 is 1.96. The van der Waals surface area contributed by atoms with Crippen LogP contribution in [-0.2, 0) is 13.0 Å². The predicted molar refractivity (Wildman–Crippen MR) is 83.4 cm³/mol. The highest BCUT2D eigenvalue weighted by atomic mass is 16.2. The number of piperidine rings is 1. The molecular formula is C16H23N5O. The Kier molecular flexibility index (Phi) is 4.56. The molecule has 0 saturated carbocycles. The van der Waals surface area contributed by atoms with Crippen LogP contribution in [0, 0.1) is 5.92 Å². The van der Waals surface area contributed by atoms with Crippen molar-refractivity contribution in [1.29, 1.82) is 0 Å². The first kappa shape index (κ1) is 14.8. The van der Waals surface area contributed by atoms with Gasteiger partial charge in [-0.3, -0.25) is 9.48 Å². The fourth-order valence-corrected chi connectivity index (χ4v) is 3.02. The van der Waals surface area contributed by atoms with Gasteiger partial charge >= 0.3 is 0 Å². The van der Waals surface area contributed by atoms with E-state index in [9.17, 15) is 4.79 Å². The zero-order chi connectivity index (χ0) is 15.4. The lowest BCUT2D eigenvalue weighted by Gasteiger charge is -2.31. The zero-order valence-electron chi connectivity index (χ0n) is 13.0. The quantitative estimate of drug-likeness (QED) is 0.919. The molecule has 1 fully saturated rings. The van der Waals surface area contributed by atoms with Gasteiger partial charge in [-0.1, -0.05) is 18.6 Å². The summed E-state index contributed by atoms with van der Waals surface area (Å²) >= 11 is 0. The van der Waals surface area contributed by atoms with E-state index < -0.39 is 0 Å². The number of carbonyl (C=O) groups is 1. The molecule has 0 spiro atoms. The van der Waals surface area contributed by atoms with Gasteiger partial charge in [0.15, 0.2) is 0 Å². The Hall–Kier alpha value is -2.11. The van der Waals surface area contributed by atoms with Crippen LogP contribution in [0.25, 0.3) is 0 Å². The molecule has 1 saturated heterocycles. The molecule has 3 heterocycles. The Morgan fingerprint density at radius 2 is 2.23 bits per heavy atom. The highest BCUT2D eigenvalue weighted by Crippen LogP contribution is 2.20. The van der Waals surface area contributed by atoms with E-state index in [0.717, 1.165) is 51.0 Å². The van der Waals surface area contributed by atoms with E-state index in [1.54, 1.807) is 6.20 Å². The van der Waals surface area contributed by atoms with Crippen LogP contribution in [0.4, 0.5) is 0 Å². The van der Waals surface area contributed by atoms with Gasteiger partial charge in [0.05, 0.1) is 5.69 Å². The third-order valence-electron chi connectivity index (χ3n) is 4.27. The average Bonchev–Trinajstić information content (AvgIpc) is 3.20. The molecule has 0 unspecified atom stereocenters. The van der Waals surface area contributed by atoms with Crippen LogP contribution in [0.2, 0.25) is 0 Å². The molecule has 2 aromatic rings. The molecule has 6 heteroatoms. The Bertz CT molecular complexity index is 596. The monoisotopic (exact) mass is 301 g/mol. The molecule has 22 heavy (non-hydrogen) atoms. The fraction of sp³-hybridized carbons (Fsp3) is 0.562. The number of aromatic amines is 1. The second kappa shape index (κ2) is 6.77. The van der Waals surface area contributed by atoms with Crippen LogP contribution in [0.15, 0.2) is 24.5 Å². The second-order valence-electron chi connectivity index (χ2n) is 6.00. The largest absolute Gasteiger partial charge is 0.357 e. The number of H-pyrrole nitrogens is 1. The van der Waals surface area contributed by atoms with E-state index in [4.69, 9.17) is 0 Å². The number of likely N-dealkylation sites (tertiary alicyclic amines) is 1. The summed E-state index contributed by atoms with van der Waals surface area (Å²) in [4.78, 5) is 17.2. The minimum atomic E-state index is 0.106. The molecule has 118 valence electrons. The van der Waals surface area contributed by atoms with E-state index in [1.807, 2.05) is 21.7 Å². The minimum absolute atomic E-state index is 0.106. The SMILES string of the molecule is CCCc1cn(CC2CCN(C(=O)c3ccc[nH]3)CC2)nn1. The summed E-state index contributed by atoms with van der Waals surface area (Å²) in [7, 11) is 0. The third-order valence-corrected chi connectivity index (χ3v) is 4.27. The van der Waals surface area contributed by atoms with Crippen molar-refractivity contribution in [2.75, 3.05) is 13.1 Å². The highest BCUT2D eigenvalue weighted by Gasteiger charge is 2.24. The smallest absolute Gasteiger partial charge is 0.270 e. The van der Waals surface area contributed by atoms with Gasteiger partial charge in [-0.05, 0) is 37.3 Å². The topological polar surface area (TPSA) is 66.8 Å². The van der Waals surface area contributed by atoms with Crippen molar-refractivity contribution in [2.45, 2.75) is 39.2 Å². The number of hydrogen-bond donors (Lipinski definition) is 1. The Morgan fingerprint density at radius 1 is 1.41 bits per heavy atom. The summed E-state index contributed by atoms with van der Waals surface area (Å²) in [5.41, 5.74) is 1.75. The first-order valence-electron chi connectivity index (χ1n) is 8.08. The molecule has 1 N–H and O–H groups in total. The van der Waals surface area contributed by atoms with Crippen molar-refractivity contribution < 1.29 is 4.79 Å². The molecule has 3 rings (SSSR count). The van der Waals surface area contributed by atoms with Crippen molar-refractivity contribution in [1.82, 2.24) is 24.9 Å². The number of aryl methyl sites for hydroxylation is 1. The van der Waals surface area contributed by atoms with Gasteiger partial charge in [-0.2, -0.15) is 0 Å². The lowest BCUT2D eigenvalue weighted by atomic mass is 9.96. The summed E-state index contributed by atoms with van der Waals surface area (Å²) in [6.07, 6.45) is 7.98. The number of amides is 1. The molecule has 0 aliphatic carbocycles. The maximum atomic E-state index is 12.3. The fourth-order valence-electron chi connectivity index (χ4n) is 3.02. The molecule has 1 amide bonds. The number of nitrogens with one attached hydrogen (secondary N) is 1. The van der Waals surface area contributed by atoms with Crippen molar-refractivity contribution in [3.63, 3.8) is 0 Å². The van der Waals surface area contributed by atoms with E-state index in [-0.39, 0.29) is 5.91 Å². The standard InChI is InChI=1S/C16H23N5O/c1-2-4-14-12-21(19-18-14)11-13-6-9-20(10-7-13)16(22)15-5-3-8-17-15/h3,5,8,12-13,17H,2,4,6-7,9-11H2,1H3. The molecule has 0 radical (unpaired) electrons. The van der Waals surface area contributed by atoms with E-state index >= 15 is 0 Å². The number of rotatable bonds is 5. The Labute approximate surface area is 130 Å². The maximum absolute atomic E-state index is 12.3. The van der Waals surface area contributed by atoms with Crippen LogP contribution in [0.3, 0.4) is 0 Å². The van der Waals surface area contributed by atoms with Gasteiger partial charge in [0, 0.05) is 32.0 Å². The maximum Gasteiger partial charge on any atom is 0.270 e. The minimum Gasteiger partial charge on any atom is -0.357 e. The molecule has 1 aliphatic heterocycles. The molecule has 2 aromatic heterocycles. The van der Waals surface area contributed by atoms with Crippen LogP contribution in [-0.4, -0.2) is 43.9 Å². The number of carbonyl (C=O) groups excluding carboxylic acids is 1. The average molecular weight is 301 g/mol. The van der Waals surface area contributed by atoms with Gasteiger partial charge in [-0.25, -0.2) is 0 Å². The second-order valence-corrected chi connectivity index (χ2v) is 6.00. The van der Waals surface area contributed by atoms with E-state index in [2.05, 4.69) is 28.4 Å². The van der Waals surface area contributed by atoms with Crippen LogP contribution < -0.4 is 0 Å². The Balaban J connectivity index is 1.50. The molecule has 0 bridgehead atoms. The van der Waals surface area contributed by atoms with Gasteiger partial charge < -0.3 is 9.88 Å². The summed E-state index contributed by atoms with van der Waals surface area (Å²) in [6.45, 7) is 4.69. The van der Waals surface area contributed by atoms with Crippen LogP contribution >= 0.6 is 0 Å². The van der Waals surface area contributed by atoms with E-state index in [0.29, 0.717) is 11.6 Å². The number of aromatic nitrogens is 4. The normalized spacial score (nSPS) is 16.1. The van der Waals surface area contributed by atoms with Gasteiger partial charge in [0.2, 0.25) is 0 Å². The molecule has 1 aliphatic rings. The first-order chi connectivity index (χ1) is 10.8. The summed E-state index contributed by atoms with van der Waals surface area (Å²) in [5, 5.41) is 8.40. The summed E-state index contributed by atoms with van der Waals surface area (Å²) in [5.74, 6) is 0.679. The van der Waals surface area contributed by atoms with Gasteiger partial charge in [0.25, 0.3) is 5.91 Å². The van der Waals surface area contributed by atoms with Crippen LogP contribution in [0.5, 0.6) is 0 Å². The Morgan fingerprint density at radius 3 is 2.91 bits per heavy atom. The molecule has 0 aromatic carbocycles. The van der Waals surface area contributed by atoms with Gasteiger partial charge in [-0.15, -0.1) is 5.10 Å². The third kappa shape index (κ3) is 3.37. The number of hydrogen-bond acceptors (Lipinski definition) is 3. The molecular weight excluding hydrogens is 278 g/mol. The van der Waals surface area contributed by atoms with E-state index in [1.165, 1.54) is 0 Å². The first-order valence-corrected chi connectivity index (χ1v) is 8.08. The van der Waals surface area contributed by atoms with Crippen molar-refractivity contribution >= 4 is 5.91 Å².